The second-order valence-electron chi connectivity index (χ2n) is 7.59. The van der Waals surface area contributed by atoms with E-state index >= 15 is 0 Å². The van der Waals surface area contributed by atoms with Crippen LogP contribution in [0.1, 0.15) is 11.1 Å². The number of nitriles is 1. The molecule has 3 heterocycles. The van der Waals surface area contributed by atoms with Crippen molar-refractivity contribution in [2.75, 3.05) is 16.3 Å². The van der Waals surface area contributed by atoms with Gasteiger partial charge >= 0.3 is 12.2 Å². The van der Waals surface area contributed by atoms with Crippen LogP contribution in [0, 0.1) is 11.3 Å². The number of ether oxygens (including phenoxy) is 1. The number of rotatable bonds is 4. The van der Waals surface area contributed by atoms with Crippen LogP contribution >= 0.6 is 0 Å². The Morgan fingerprint density at radius 2 is 1.86 bits per heavy atom. The molecule has 0 bridgehead atoms. The van der Waals surface area contributed by atoms with Crippen molar-refractivity contribution in [3.63, 3.8) is 0 Å². The number of benzene rings is 2. The fraction of sp³-hybridized carbons (Fsp3) is 0.0833. The predicted molar refractivity (Wildman–Crippen MR) is 119 cm³/mol. The Hall–Kier alpha value is -4.85. The van der Waals surface area contributed by atoms with Crippen molar-refractivity contribution in [2.24, 2.45) is 0 Å². The molecule has 2 aromatic heterocycles. The fourth-order valence-electron chi connectivity index (χ4n) is 3.78. The van der Waals surface area contributed by atoms with E-state index in [9.17, 15) is 28.0 Å². The molecule has 0 spiro atoms. The zero-order chi connectivity index (χ0) is 24.7. The molecule has 11 heteroatoms. The fourth-order valence-corrected chi connectivity index (χ4v) is 3.78. The quantitative estimate of drug-likeness (QED) is 0.406. The average Bonchev–Trinajstić information content (AvgIpc) is 3.43. The van der Waals surface area contributed by atoms with Crippen molar-refractivity contribution >= 4 is 34.3 Å². The first kappa shape index (κ1) is 22.0. The molecule has 1 N–H and O–H groups in total. The molecule has 0 aliphatic carbocycles. The maximum absolute atomic E-state index is 13.1. The lowest BCUT2D eigenvalue weighted by atomic mass is 10.1. The van der Waals surface area contributed by atoms with Crippen molar-refractivity contribution in [3.8, 4) is 17.6 Å². The molecule has 3 amide bonds. The van der Waals surface area contributed by atoms with Crippen LogP contribution in [0.5, 0.6) is 11.5 Å². The summed E-state index contributed by atoms with van der Waals surface area (Å²) in [6.07, 6.45) is -1.36. The van der Waals surface area contributed by atoms with Gasteiger partial charge in [-0.05, 0) is 48.5 Å². The Morgan fingerprint density at radius 1 is 1.03 bits per heavy atom. The van der Waals surface area contributed by atoms with Crippen molar-refractivity contribution in [1.29, 1.82) is 5.26 Å². The van der Waals surface area contributed by atoms with Crippen molar-refractivity contribution in [1.82, 2.24) is 9.97 Å². The smallest absolute Gasteiger partial charge is 0.416 e. The van der Waals surface area contributed by atoms with E-state index in [0.29, 0.717) is 16.8 Å². The normalized spacial score (nSPS) is 14.0. The van der Waals surface area contributed by atoms with Crippen molar-refractivity contribution in [2.45, 2.75) is 6.18 Å². The largest absolute Gasteiger partial charge is 0.455 e. The monoisotopic (exact) mass is 477 g/mol. The number of amides is 3. The number of urea groups is 1. The minimum atomic E-state index is -4.60. The van der Waals surface area contributed by atoms with Gasteiger partial charge in [0.15, 0.2) is 0 Å². The number of aromatic nitrogens is 2. The number of H-pyrrole nitrogens is 1. The first-order valence-electron chi connectivity index (χ1n) is 10.2. The minimum absolute atomic E-state index is 0.0566. The van der Waals surface area contributed by atoms with Gasteiger partial charge in [0.05, 0.1) is 22.2 Å². The third-order valence-electron chi connectivity index (χ3n) is 5.43. The maximum Gasteiger partial charge on any atom is 0.416 e. The summed E-state index contributed by atoms with van der Waals surface area (Å²) in [5.74, 6) is -0.00328. The number of alkyl halides is 3. The van der Waals surface area contributed by atoms with Crippen molar-refractivity contribution in [3.05, 3.63) is 78.1 Å². The molecule has 5 rings (SSSR count). The number of aromatic amines is 1. The number of carbonyl (C=O) groups excluding carboxylic acids is 2. The summed E-state index contributed by atoms with van der Waals surface area (Å²) in [5, 5.41) is 10.3. The topological polar surface area (TPSA) is 102 Å². The predicted octanol–water partition coefficient (Wildman–Crippen LogP) is 5.22. The lowest BCUT2D eigenvalue weighted by molar-refractivity contribution is -0.137. The Balaban J connectivity index is 1.44. The van der Waals surface area contributed by atoms with Gasteiger partial charge in [-0.2, -0.15) is 18.4 Å². The van der Waals surface area contributed by atoms with Crippen molar-refractivity contribution < 1.29 is 27.5 Å². The number of hydrogen-bond donors (Lipinski definition) is 1. The van der Waals surface area contributed by atoms with Crippen LogP contribution in [0.4, 0.5) is 29.3 Å². The molecular weight excluding hydrogens is 463 g/mol. The molecule has 174 valence electrons. The lowest BCUT2D eigenvalue weighted by Gasteiger charge is -2.19. The Morgan fingerprint density at radius 3 is 2.63 bits per heavy atom. The minimum Gasteiger partial charge on any atom is -0.455 e. The summed E-state index contributed by atoms with van der Waals surface area (Å²) in [7, 11) is 0. The average molecular weight is 477 g/mol. The third-order valence-corrected chi connectivity index (χ3v) is 5.43. The second-order valence-corrected chi connectivity index (χ2v) is 7.59. The zero-order valence-corrected chi connectivity index (χ0v) is 17.7. The molecule has 0 unspecified atom stereocenters. The molecule has 1 saturated heterocycles. The van der Waals surface area contributed by atoms with Crippen LogP contribution in [0.3, 0.4) is 0 Å². The van der Waals surface area contributed by atoms with E-state index < -0.39 is 30.2 Å². The summed E-state index contributed by atoms with van der Waals surface area (Å²) >= 11 is 0. The molecule has 0 saturated carbocycles. The van der Waals surface area contributed by atoms with Gasteiger partial charge in [0.1, 0.15) is 29.8 Å². The molecule has 1 aliphatic rings. The van der Waals surface area contributed by atoms with E-state index in [-0.39, 0.29) is 22.7 Å². The van der Waals surface area contributed by atoms with Crippen LogP contribution in [-0.4, -0.2) is 28.5 Å². The summed E-state index contributed by atoms with van der Waals surface area (Å²) in [4.78, 5) is 34.6. The highest BCUT2D eigenvalue weighted by Gasteiger charge is 2.39. The number of pyridine rings is 1. The Kier molecular flexibility index (Phi) is 5.13. The van der Waals surface area contributed by atoms with Gasteiger partial charge in [0.25, 0.3) is 5.91 Å². The van der Waals surface area contributed by atoms with Gasteiger partial charge in [-0.25, -0.2) is 14.7 Å². The van der Waals surface area contributed by atoms with Gasteiger partial charge in [0, 0.05) is 18.1 Å². The Labute approximate surface area is 195 Å². The van der Waals surface area contributed by atoms with Crippen LogP contribution in [0.25, 0.3) is 11.0 Å². The number of carbonyl (C=O) groups is 2. The number of nitrogens with one attached hydrogen (secondary N) is 1. The number of hydrogen-bond acceptors (Lipinski definition) is 5. The number of halogens is 3. The molecule has 0 atom stereocenters. The second kappa shape index (κ2) is 8.18. The Bertz CT molecular complexity index is 1520. The van der Waals surface area contributed by atoms with Gasteiger partial charge in [-0.15, -0.1) is 0 Å². The van der Waals surface area contributed by atoms with E-state index in [1.807, 2.05) is 6.07 Å². The molecule has 1 fully saturated rings. The molecular formula is C24H14F3N5O3. The number of imide groups is 1. The summed E-state index contributed by atoms with van der Waals surface area (Å²) in [6, 6.07) is 12.9. The van der Waals surface area contributed by atoms with Gasteiger partial charge in [0.2, 0.25) is 0 Å². The van der Waals surface area contributed by atoms with E-state index in [0.717, 1.165) is 21.9 Å². The van der Waals surface area contributed by atoms with Crippen LogP contribution in [-0.2, 0) is 11.0 Å². The summed E-state index contributed by atoms with van der Waals surface area (Å²) in [5.41, 5.74) is -0.245. The van der Waals surface area contributed by atoms with E-state index in [4.69, 9.17) is 4.74 Å². The molecule has 35 heavy (non-hydrogen) atoms. The van der Waals surface area contributed by atoms with Gasteiger partial charge in [-0.3, -0.25) is 9.69 Å². The lowest BCUT2D eigenvalue weighted by Crippen LogP contribution is -2.33. The highest BCUT2D eigenvalue weighted by molar-refractivity contribution is 6.27. The first-order valence-corrected chi connectivity index (χ1v) is 10.2. The van der Waals surface area contributed by atoms with E-state index in [1.54, 1.807) is 24.5 Å². The van der Waals surface area contributed by atoms with Gasteiger partial charge in [-0.1, -0.05) is 6.07 Å². The number of nitrogens with zero attached hydrogens (tertiary/aromatic N) is 4. The summed E-state index contributed by atoms with van der Waals surface area (Å²) < 4.78 is 45.2. The molecule has 1 aliphatic heterocycles. The van der Waals surface area contributed by atoms with Crippen LogP contribution < -0.4 is 14.5 Å². The van der Waals surface area contributed by atoms with Gasteiger partial charge < -0.3 is 9.72 Å². The SMILES string of the molecule is N#Cc1cc(N2C(=O)CN(c3cccc(C(F)(F)F)c3)C2=O)ccc1Oc1ccnc2[nH]ccc12. The molecule has 2 aromatic carbocycles. The van der Waals surface area contributed by atoms with Crippen LogP contribution in [0.15, 0.2) is 67.0 Å². The number of anilines is 2. The molecule has 4 aromatic rings. The summed E-state index contributed by atoms with van der Waals surface area (Å²) in [6.45, 7) is -0.442. The highest BCUT2D eigenvalue weighted by Crippen LogP contribution is 2.35. The van der Waals surface area contributed by atoms with E-state index in [1.165, 1.54) is 30.3 Å². The van der Waals surface area contributed by atoms with Crippen LogP contribution in [0.2, 0.25) is 0 Å². The molecule has 0 radical (unpaired) electrons. The highest BCUT2D eigenvalue weighted by atomic mass is 19.4. The molecule has 8 nitrogen and oxygen atoms in total. The number of fused-ring (bicyclic) bond motifs is 1. The maximum atomic E-state index is 13.1. The first-order chi connectivity index (χ1) is 16.8. The zero-order valence-electron chi connectivity index (χ0n) is 17.7. The standard InChI is InChI=1S/C24H14F3N5O3/c25-24(26,27)15-2-1-3-16(11-15)31-13-21(33)32(23(31)34)17-4-5-19(14(10-17)12-28)35-20-7-9-30-22-18(20)6-8-29-22/h1-11H,13H2,(H,29,30). The third kappa shape index (κ3) is 3.91. The van der Waals surface area contributed by atoms with E-state index in [2.05, 4.69) is 9.97 Å².